The van der Waals surface area contributed by atoms with Gasteiger partial charge < -0.3 is 0 Å². The average molecular weight is 226 g/mol. The molecule has 0 amide bonds. The first kappa shape index (κ1) is 13.1. The molecule has 1 aromatic carbocycles. The normalized spacial score (nSPS) is 21.0. The van der Waals surface area contributed by atoms with Crippen molar-refractivity contribution < 1.29 is 8.78 Å². The van der Waals surface area contributed by atoms with Crippen LogP contribution in [-0.2, 0) is 6.42 Å². The van der Waals surface area contributed by atoms with Crippen molar-refractivity contribution in [2.45, 2.75) is 52.4 Å². The Morgan fingerprint density at radius 3 is 2.31 bits per heavy atom. The fourth-order valence-corrected chi connectivity index (χ4v) is 1.91. The van der Waals surface area contributed by atoms with Crippen molar-refractivity contribution >= 4 is 0 Å². The zero-order valence-corrected chi connectivity index (χ0v) is 10.5. The van der Waals surface area contributed by atoms with Crippen LogP contribution >= 0.6 is 0 Å². The molecule has 1 aliphatic rings. The molecule has 1 unspecified atom stereocenters. The molecule has 90 valence electrons. The van der Waals surface area contributed by atoms with Gasteiger partial charge in [0, 0.05) is 6.42 Å². The maximum Gasteiger partial charge on any atom is 0.255 e. The molecule has 0 bridgehead atoms. The lowest BCUT2D eigenvalue weighted by Gasteiger charge is -2.07. The quantitative estimate of drug-likeness (QED) is 0.685. The minimum Gasteiger partial charge on any atom is -0.206 e. The predicted octanol–water partition coefficient (Wildman–Crippen LogP) is 4.71. The van der Waals surface area contributed by atoms with Crippen LogP contribution in [0.5, 0.6) is 0 Å². The number of benzene rings is 1. The Morgan fingerprint density at radius 1 is 1.31 bits per heavy atom. The van der Waals surface area contributed by atoms with Crippen LogP contribution in [0.1, 0.15) is 49.8 Å². The van der Waals surface area contributed by atoms with Gasteiger partial charge >= 0.3 is 0 Å². The summed E-state index contributed by atoms with van der Waals surface area (Å²) < 4.78 is 25.9. The van der Waals surface area contributed by atoms with Crippen molar-refractivity contribution in [3.8, 4) is 0 Å². The minimum absolute atomic E-state index is 0.0312. The fraction of sp³-hybridized carbons (Fsp3) is 0.571. The van der Waals surface area contributed by atoms with E-state index in [0.717, 1.165) is 23.1 Å². The van der Waals surface area contributed by atoms with Crippen molar-refractivity contribution in [3.05, 3.63) is 34.9 Å². The molecule has 0 N–H and O–H groups in total. The van der Waals surface area contributed by atoms with E-state index in [2.05, 4.69) is 0 Å². The molecule has 16 heavy (non-hydrogen) atoms. The third-order valence-corrected chi connectivity index (χ3v) is 2.88. The van der Waals surface area contributed by atoms with E-state index in [1.807, 2.05) is 45.9 Å². The molecule has 1 atom stereocenters. The van der Waals surface area contributed by atoms with Crippen LogP contribution in [0.15, 0.2) is 18.2 Å². The molecular formula is C14H20F2. The van der Waals surface area contributed by atoms with E-state index in [1.54, 1.807) is 0 Å². The third-order valence-electron chi connectivity index (χ3n) is 2.88. The maximum absolute atomic E-state index is 12.9. The summed E-state index contributed by atoms with van der Waals surface area (Å²) in [5.41, 5.74) is 3.00. The Hall–Kier alpha value is -0.920. The number of aryl methyl sites for hydroxylation is 2. The smallest absolute Gasteiger partial charge is 0.206 e. The molecule has 1 fully saturated rings. The van der Waals surface area contributed by atoms with Crippen LogP contribution in [0.25, 0.3) is 0 Å². The molecule has 0 aromatic heterocycles. The summed E-state index contributed by atoms with van der Waals surface area (Å²) in [6, 6.07) is 5.87. The summed E-state index contributed by atoms with van der Waals surface area (Å²) in [5.74, 6) is -2.96. The van der Waals surface area contributed by atoms with Crippen LogP contribution in [0.2, 0.25) is 0 Å². The summed E-state index contributed by atoms with van der Waals surface area (Å²) in [5, 5.41) is 0. The van der Waals surface area contributed by atoms with Gasteiger partial charge in [-0.2, -0.15) is 0 Å². The van der Waals surface area contributed by atoms with Gasteiger partial charge in [-0.25, -0.2) is 8.78 Å². The largest absolute Gasteiger partial charge is 0.255 e. The summed E-state index contributed by atoms with van der Waals surface area (Å²) in [7, 11) is 0. The summed E-state index contributed by atoms with van der Waals surface area (Å²) in [4.78, 5) is 0. The van der Waals surface area contributed by atoms with Gasteiger partial charge in [0.05, 0.1) is 5.92 Å². The summed E-state index contributed by atoms with van der Waals surface area (Å²) in [6.45, 7) is 7.96. The first-order valence-corrected chi connectivity index (χ1v) is 6.02. The Labute approximate surface area is 96.7 Å². The monoisotopic (exact) mass is 226 g/mol. The van der Waals surface area contributed by atoms with Gasteiger partial charge in [-0.05, 0) is 24.5 Å². The number of hydrogen-bond donors (Lipinski definition) is 0. The molecular weight excluding hydrogens is 206 g/mol. The van der Waals surface area contributed by atoms with Gasteiger partial charge in [-0.3, -0.25) is 0 Å². The molecule has 2 heteroatoms. The van der Waals surface area contributed by atoms with Crippen molar-refractivity contribution in [1.82, 2.24) is 0 Å². The van der Waals surface area contributed by atoms with Crippen LogP contribution in [-0.4, -0.2) is 5.92 Å². The highest BCUT2D eigenvalue weighted by Crippen LogP contribution is 2.56. The van der Waals surface area contributed by atoms with E-state index < -0.39 is 11.8 Å². The lowest BCUT2D eigenvalue weighted by atomic mass is 9.99. The van der Waals surface area contributed by atoms with Gasteiger partial charge in [-0.15, -0.1) is 0 Å². The van der Waals surface area contributed by atoms with Gasteiger partial charge in [0.15, 0.2) is 0 Å². The highest BCUT2D eigenvalue weighted by atomic mass is 19.3. The van der Waals surface area contributed by atoms with Crippen LogP contribution < -0.4 is 0 Å². The number of halogens is 2. The number of alkyl halides is 2. The van der Waals surface area contributed by atoms with Crippen LogP contribution in [0.3, 0.4) is 0 Å². The van der Waals surface area contributed by atoms with Gasteiger partial charge in [0.2, 0.25) is 0 Å². The Morgan fingerprint density at radius 2 is 1.88 bits per heavy atom. The lowest BCUT2D eigenvalue weighted by molar-refractivity contribution is 0.112. The minimum atomic E-state index is -2.45. The Kier molecular flexibility index (Phi) is 4.06. The van der Waals surface area contributed by atoms with Crippen molar-refractivity contribution in [2.75, 3.05) is 0 Å². The molecule has 1 saturated carbocycles. The molecule has 0 saturated heterocycles. The molecule has 0 heterocycles. The van der Waals surface area contributed by atoms with E-state index in [9.17, 15) is 8.78 Å². The fourth-order valence-electron chi connectivity index (χ4n) is 1.91. The zero-order valence-electron chi connectivity index (χ0n) is 10.5. The first-order valence-electron chi connectivity index (χ1n) is 6.02. The predicted molar refractivity (Wildman–Crippen MR) is 64.2 cm³/mol. The SMILES string of the molecule is CC.CCc1ccc(C)cc1C1CC1(F)F. The second-order valence-corrected chi connectivity index (χ2v) is 4.07. The number of hydrogen-bond acceptors (Lipinski definition) is 0. The molecule has 0 radical (unpaired) electrons. The van der Waals surface area contributed by atoms with Crippen LogP contribution in [0, 0.1) is 6.92 Å². The highest BCUT2D eigenvalue weighted by molar-refractivity contribution is 5.39. The molecule has 0 spiro atoms. The van der Waals surface area contributed by atoms with E-state index in [0.29, 0.717) is 0 Å². The van der Waals surface area contributed by atoms with Gasteiger partial charge in [0.1, 0.15) is 0 Å². The topological polar surface area (TPSA) is 0 Å². The second kappa shape index (κ2) is 4.94. The van der Waals surface area contributed by atoms with Gasteiger partial charge in [-0.1, -0.05) is 44.5 Å². The number of rotatable bonds is 2. The van der Waals surface area contributed by atoms with E-state index >= 15 is 0 Å². The molecule has 1 aromatic rings. The third kappa shape index (κ3) is 2.60. The maximum atomic E-state index is 12.9. The lowest BCUT2D eigenvalue weighted by Crippen LogP contribution is -1.97. The zero-order chi connectivity index (χ0) is 12.3. The van der Waals surface area contributed by atoms with E-state index in [4.69, 9.17) is 0 Å². The van der Waals surface area contributed by atoms with E-state index in [1.165, 1.54) is 0 Å². The summed E-state index contributed by atoms with van der Waals surface area (Å²) in [6.07, 6.45) is 0.867. The molecule has 0 nitrogen and oxygen atoms in total. The average Bonchev–Trinajstić information content (AvgIpc) is 2.90. The Bertz CT molecular complexity index is 356. The summed E-state index contributed by atoms with van der Waals surface area (Å²) >= 11 is 0. The van der Waals surface area contributed by atoms with Crippen molar-refractivity contribution in [2.24, 2.45) is 0 Å². The Balaban J connectivity index is 0.000000606. The molecule has 1 aliphatic carbocycles. The van der Waals surface area contributed by atoms with Crippen molar-refractivity contribution in [1.29, 1.82) is 0 Å². The van der Waals surface area contributed by atoms with Gasteiger partial charge in [0.25, 0.3) is 5.92 Å². The molecule has 0 aliphatic heterocycles. The molecule has 2 rings (SSSR count). The highest BCUT2D eigenvalue weighted by Gasteiger charge is 2.57. The van der Waals surface area contributed by atoms with Crippen LogP contribution in [0.4, 0.5) is 8.78 Å². The van der Waals surface area contributed by atoms with E-state index in [-0.39, 0.29) is 6.42 Å². The standard InChI is InChI=1S/C12H14F2.C2H6/c1-3-9-5-4-8(2)6-10(9)11-7-12(11,13)14;1-2/h4-6,11H,3,7H2,1-2H3;1-2H3. The second-order valence-electron chi connectivity index (χ2n) is 4.07. The first-order chi connectivity index (χ1) is 7.54. The van der Waals surface area contributed by atoms with Crippen molar-refractivity contribution in [3.63, 3.8) is 0 Å².